The second kappa shape index (κ2) is 8.22. The van der Waals surface area contributed by atoms with Crippen molar-refractivity contribution < 1.29 is 24.2 Å². The van der Waals surface area contributed by atoms with Gasteiger partial charge in [-0.3, -0.25) is 9.59 Å². The molecule has 1 aliphatic rings. The molecular formula is C19H23N3O5. The van der Waals surface area contributed by atoms with Crippen LogP contribution in [0, 0.1) is 11.8 Å². The summed E-state index contributed by atoms with van der Waals surface area (Å²) in [4.78, 5) is 25.9. The van der Waals surface area contributed by atoms with Crippen LogP contribution in [-0.4, -0.2) is 65.1 Å². The first kappa shape index (κ1) is 18.9. The normalized spacial score (nSPS) is 19.3. The molecule has 1 saturated heterocycles. The van der Waals surface area contributed by atoms with Crippen molar-refractivity contribution in [2.75, 3.05) is 33.4 Å². The standard InChI is InChI=1S/C19H23N3O5/c1-13-10-21(11-15(13)19(24)25)18(23)17-16(27-9-8-26-2)12-22(20-17)14-6-4-3-5-7-14/h3-7,12-13,15H,8-11H2,1-2H3,(H,24,25)/t13-,15-/m1/s1. The van der Waals surface area contributed by atoms with Crippen molar-refractivity contribution in [3.63, 3.8) is 0 Å². The number of methoxy groups -OCH3 is 1. The van der Waals surface area contributed by atoms with Gasteiger partial charge in [-0.25, -0.2) is 4.68 Å². The van der Waals surface area contributed by atoms with Crippen LogP contribution in [0.2, 0.25) is 0 Å². The Morgan fingerprint density at radius 1 is 1.22 bits per heavy atom. The number of para-hydroxylation sites is 1. The van der Waals surface area contributed by atoms with Gasteiger partial charge in [0.15, 0.2) is 11.4 Å². The van der Waals surface area contributed by atoms with Gasteiger partial charge in [-0.05, 0) is 18.1 Å². The maximum atomic E-state index is 13.0. The molecule has 1 N–H and O–H groups in total. The predicted molar refractivity (Wildman–Crippen MR) is 97.1 cm³/mol. The second-order valence-corrected chi connectivity index (χ2v) is 6.60. The van der Waals surface area contributed by atoms with E-state index in [0.717, 1.165) is 5.69 Å². The number of carbonyl (C=O) groups is 2. The van der Waals surface area contributed by atoms with Crippen molar-refractivity contribution in [1.29, 1.82) is 0 Å². The SMILES string of the molecule is COCCOc1cn(-c2ccccc2)nc1C(=O)N1C[C@@H](C)[C@H](C(=O)O)C1. The number of hydrogen-bond acceptors (Lipinski definition) is 5. The molecule has 0 unspecified atom stereocenters. The van der Waals surface area contributed by atoms with E-state index in [0.29, 0.717) is 18.9 Å². The number of hydrogen-bond donors (Lipinski definition) is 1. The van der Waals surface area contributed by atoms with Crippen LogP contribution in [0.15, 0.2) is 36.5 Å². The van der Waals surface area contributed by atoms with Crippen LogP contribution in [0.5, 0.6) is 5.75 Å². The number of aromatic nitrogens is 2. The minimum atomic E-state index is -0.885. The highest BCUT2D eigenvalue weighted by molar-refractivity contribution is 5.95. The lowest BCUT2D eigenvalue weighted by molar-refractivity contribution is -0.142. The predicted octanol–water partition coefficient (Wildman–Crippen LogP) is 1.69. The Hall–Kier alpha value is -2.87. The lowest BCUT2D eigenvalue weighted by atomic mass is 9.99. The summed E-state index contributed by atoms with van der Waals surface area (Å²) < 4.78 is 12.3. The maximum Gasteiger partial charge on any atom is 0.308 e. The Morgan fingerprint density at radius 2 is 1.96 bits per heavy atom. The average molecular weight is 373 g/mol. The molecule has 0 aliphatic carbocycles. The highest BCUT2D eigenvalue weighted by Crippen LogP contribution is 2.27. The van der Waals surface area contributed by atoms with Gasteiger partial charge < -0.3 is 19.5 Å². The molecule has 1 aliphatic heterocycles. The number of aliphatic carboxylic acids is 1. The van der Waals surface area contributed by atoms with Crippen molar-refractivity contribution in [3.8, 4) is 11.4 Å². The van der Waals surface area contributed by atoms with E-state index < -0.39 is 11.9 Å². The van der Waals surface area contributed by atoms with Crippen LogP contribution in [0.25, 0.3) is 5.69 Å². The number of carboxylic acid groups (broad SMARTS) is 1. The second-order valence-electron chi connectivity index (χ2n) is 6.60. The minimum absolute atomic E-state index is 0.111. The van der Waals surface area contributed by atoms with Crippen LogP contribution in [0.3, 0.4) is 0 Å². The molecule has 0 spiro atoms. The van der Waals surface area contributed by atoms with Crippen LogP contribution in [0.1, 0.15) is 17.4 Å². The smallest absolute Gasteiger partial charge is 0.308 e. The van der Waals surface area contributed by atoms with Gasteiger partial charge in [-0.2, -0.15) is 5.10 Å². The zero-order chi connectivity index (χ0) is 19.4. The average Bonchev–Trinajstić information content (AvgIpc) is 3.26. The minimum Gasteiger partial charge on any atom is -0.487 e. The van der Waals surface area contributed by atoms with Gasteiger partial charge in [0.25, 0.3) is 5.91 Å². The largest absolute Gasteiger partial charge is 0.487 e. The van der Waals surface area contributed by atoms with E-state index in [1.54, 1.807) is 18.0 Å². The van der Waals surface area contributed by atoms with Gasteiger partial charge in [0.05, 0.1) is 24.4 Å². The zero-order valence-corrected chi connectivity index (χ0v) is 15.4. The first-order chi connectivity index (χ1) is 13.0. The third-order valence-corrected chi connectivity index (χ3v) is 4.67. The molecule has 0 saturated carbocycles. The molecule has 2 heterocycles. The van der Waals surface area contributed by atoms with Crippen molar-refractivity contribution in [1.82, 2.24) is 14.7 Å². The Morgan fingerprint density at radius 3 is 2.59 bits per heavy atom. The summed E-state index contributed by atoms with van der Waals surface area (Å²) in [6.45, 7) is 3.05. The van der Waals surface area contributed by atoms with Crippen LogP contribution < -0.4 is 4.74 Å². The molecule has 1 amide bonds. The zero-order valence-electron chi connectivity index (χ0n) is 15.4. The molecule has 0 bridgehead atoms. The number of rotatable bonds is 7. The Bertz CT molecular complexity index is 805. The van der Waals surface area contributed by atoms with Crippen molar-refractivity contribution in [2.45, 2.75) is 6.92 Å². The van der Waals surface area contributed by atoms with Gasteiger partial charge in [0, 0.05) is 20.2 Å². The van der Waals surface area contributed by atoms with Crippen LogP contribution >= 0.6 is 0 Å². The molecule has 2 atom stereocenters. The number of likely N-dealkylation sites (tertiary alicyclic amines) is 1. The number of nitrogens with zero attached hydrogens (tertiary/aromatic N) is 3. The van der Waals surface area contributed by atoms with Crippen molar-refractivity contribution >= 4 is 11.9 Å². The molecular weight excluding hydrogens is 350 g/mol. The summed E-state index contributed by atoms with van der Waals surface area (Å²) >= 11 is 0. The van der Waals surface area contributed by atoms with Crippen LogP contribution in [0.4, 0.5) is 0 Å². The highest BCUT2D eigenvalue weighted by Gasteiger charge is 2.38. The van der Waals surface area contributed by atoms with Crippen molar-refractivity contribution in [3.05, 3.63) is 42.2 Å². The first-order valence-corrected chi connectivity index (χ1v) is 8.80. The quantitative estimate of drug-likeness (QED) is 0.743. The first-order valence-electron chi connectivity index (χ1n) is 8.80. The summed E-state index contributed by atoms with van der Waals surface area (Å²) in [6.07, 6.45) is 1.66. The lowest BCUT2D eigenvalue weighted by Crippen LogP contribution is -2.30. The molecule has 1 aromatic heterocycles. The molecule has 0 radical (unpaired) electrons. The van der Waals surface area contributed by atoms with Crippen molar-refractivity contribution in [2.24, 2.45) is 11.8 Å². The Labute approximate surface area is 157 Å². The topological polar surface area (TPSA) is 93.9 Å². The molecule has 1 aromatic carbocycles. The van der Waals surface area contributed by atoms with E-state index in [9.17, 15) is 14.7 Å². The van der Waals surface area contributed by atoms with E-state index in [1.807, 2.05) is 37.3 Å². The number of carboxylic acids is 1. The fourth-order valence-corrected chi connectivity index (χ4v) is 3.16. The van der Waals surface area contributed by atoms with E-state index in [-0.39, 0.29) is 30.7 Å². The summed E-state index contributed by atoms with van der Waals surface area (Å²) in [7, 11) is 1.57. The Balaban J connectivity index is 1.87. The molecule has 144 valence electrons. The fourth-order valence-electron chi connectivity index (χ4n) is 3.16. The fraction of sp³-hybridized carbons (Fsp3) is 0.421. The number of amides is 1. The maximum absolute atomic E-state index is 13.0. The number of benzene rings is 1. The molecule has 8 heteroatoms. The summed E-state index contributed by atoms with van der Waals surface area (Å²) in [5.74, 6) is -1.53. The molecule has 2 aromatic rings. The van der Waals surface area contributed by atoms with Gasteiger partial charge in [-0.15, -0.1) is 0 Å². The summed E-state index contributed by atoms with van der Waals surface area (Å²) in [5.41, 5.74) is 0.972. The van der Waals surface area contributed by atoms with E-state index in [1.165, 1.54) is 4.90 Å². The number of carbonyl (C=O) groups excluding carboxylic acids is 1. The van der Waals surface area contributed by atoms with Crippen LogP contribution in [-0.2, 0) is 9.53 Å². The van der Waals surface area contributed by atoms with Gasteiger partial charge >= 0.3 is 5.97 Å². The molecule has 8 nitrogen and oxygen atoms in total. The molecule has 27 heavy (non-hydrogen) atoms. The number of ether oxygens (including phenoxy) is 2. The monoisotopic (exact) mass is 373 g/mol. The lowest BCUT2D eigenvalue weighted by Gasteiger charge is -2.15. The van der Waals surface area contributed by atoms with Gasteiger partial charge in [-0.1, -0.05) is 25.1 Å². The van der Waals surface area contributed by atoms with Gasteiger partial charge in [0.1, 0.15) is 6.61 Å². The summed E-state index contributed by atoms with van der Waals surface area (Å²) in [5, 5.41) is 13.7. The van der Waals surface area contributed by atoms with E-state index in [4.69, 9.17) is 9.47 Å². The summed E-state index contributed by atoms with van der Waals surface area (Å²) in [6, 6.07) is 9.40. The third kappa shape index (κ3) is 4.11. The molecule has 1 fully saturated rings. The highest BCUT2D eigenvalue weighted by atomic mass is 16.5. The van der Waals surface area contributed by atoms with E-state index in [2.05, 4.69) is 5.10 Å². The third-order valence-electron chi connectivity index (χ3n) is 4.67. The molecule has 3 rings (SSSR count). The van der Waals surface area contributed by atoms with E-state index >= 15 is 0 Å². The Kier molecular flexibility index (Phi) is 5.75. The van der Waals surface area contributed by atoms with Gasteiger partial charge in [0.2, 0.25) is 0 Å².